The Kier molecular flexibility index (Phi) is 39.1. The van der Waals surface area contributed by atoms with E-state index in [1.54, 1.807) is 0 Å². The molecule has 0 radical (unpaired) electrons. The fourth-order valence-corrected chi connectivity index (χ4v) is 6.87. The van der Waals surface area contributed by atoms with Gasteiger partial charge < -0.3 is 18.9 Å². The van der Waals surface area contributed by atoms with Crippen LogP contribution in [0, 0.1) is 0 Å². The van der Waals surface area contributed by atoms with Gasteiger partial charge in [0.05, 0.1) is 34.4 Å². The maximum atomic E-state index is 12.7. The van der Waals surface area contributed by atoms with E-state index in [-0.39, 0.29) is 25.8 Å². The van der Waals surface area contributed by atoms with E-state index < -0.39 is 13.9 Å². The molecule has 0 bridgehead atoms. The number of hydrogen-bond acceptors (Lipinski definition) is 6. The zero-order valence-electron chi connectivity index (χ0n) is 37.1. The van der Waals surface area contributed by atoms with Gasteiger partial charge in [-0.1, -0.05) is 178 Å². The fourth-order valence-electron chi connectivity index (χ4n) is 6.13. The van der Waals surface area contributed by atoms with Crippen molar-refractivity contribution in [2.24, 2.45) is 0 Å². The Morgan fingerprint density at radius 2 is 1.04 bits per heavy atom. The highest BCUT2D eigenvalue weighted by molar-refractivity contribution is 7.47. The van der Waals surface area contributed by atoms with Crippen LogP contribution in [0.4, 0.5) is 0 Å². The van der Waals surface area contributed by atoms with Gasteiger partial charge in [0.2, 0.25) is 0 Å². The quantitative estimate of drug-likeness (QED) is 0.0216. The minimum atomic E-state index is -4.28. The molecule has 0 heterocycles. The van der Waals surface area contributed by atoms with Crippen molar-refractivity contribution in [1.29, 1.82) is 0 Å². The Morgan fingerprint density at radius 1 is 0.571 bits per heavy atom. The van der Waals surface area contributed by atoms with Crippen LogP contribution in [0.3, 0.4) is 0 Å². The molecule has 0 aliphatic heterocycles. The van der Waals surface area contributed by atoms with E-state index >= 15 is 0 Å². The first-order valence-corrected chi connectivity index (χ1v) is 24.4. The molecular formula is C47H89NO7P+. The van der Waals surface area contributed by atoms with Crippen molar-refractivity contribution in [3.8, 4) is 0 Å². The molecule has 0 saturated heterocycles. The summed E-state index contributed by atoms with van der Waals surface area (Å²) >= 11 is 0. The molecule has 0 aromatic rings. The summed E-state index contributed by atoms with van der Waals surface area (Å²) in [5.41, 5.74) is 0. The predicted octanol–water partition coefficient (Wildman–Crippen LogP) is 13.6. The third kappa shape index (κ3) is 43.6. The van der Waals surface area contributed by atoms with Crippen molar-refractivity contribution < 1.29 is 37.3 Å². The molecule has 0 aliphatic carbocycles. The van der Waals surface area contributed by atoms with Gasteiger partial charge in [-0.25, -0.2) is 4.57 Å². The number of carbonyl (C=O) groups excluding carboxylic acids is 1. The van der Waals surface area contributed by atoms with Crippen LogP contribution in [0.5, 0.6) is 0 Å². The Labute approximate surface area is 346 Å². The second-order valence-corrected chi connectivity index (χ2v) is 17.9. The summed E-state index contributed by atoms with van der Waals surface area (Å²) in [7, 11) is 1.65. The summed E-state index contributed by atoms with van der Waals surface area (Å²) in [4.78, 5) is 22.9. The number of unbranched alkanes of at least 4 members (excludes halogenated alkanes) is 20. The highest BCUT2D eigenvalue weighted by Gasteiger charge is 2.26. The first-order chi connectivity index (χ1) is 27.1. The average Bonchev–Trinajstić information content (AvgIpc) is 3.15. The number of phosphoric ester groups is 1. The molecule has 56 heavy (non-hydrogen) atoms. The smallest absolute Gasteiger partial charge is 0.457 e. The molecule has 0 aliphatic rings. The number of ether oxygens (including phenoxy) is 2. The van der Waals surface area contributed by atoms with Crippen molar-refractivity contribution in [1.82, 2.24) is 0 Å². The number of quaternary nitrogens is 1. The Bertz CT molecular complexity index is 1040. The number of rotatable bonds is 42. The van der Waals surface area contributed by atoms with Gasteiger partial charge in [0, 0.05) is 13.0 Å². The molecule has 1 N–H and O–H groups in total. The van der Waals surface area contributed by atoms with Crippen LogP contribution in [0.1, 0.15) is 187 Å². The molecule has 0 spiro atoms. The van der Waals surface area contributed by atoms with Crippen LogP contribution in [-0.4, -0.2) is 75.6 Å². The van der Waals surface area contributed by atoms with Crippen LogP contribution in [0.15, 0.2) is 48.6 Å². The highest BCUT2D eigenvalue weighted by Crippen LogP contribution is 2.43. The van der Waals surface area contributed by atoms with Crippen LogP contribution in [-0.2, 0) is 27.9 Å². The van der Waals surface area contributed by atoms with Gasteiger partial charge in [-0.3, -0.25) is 13.8 Å². The van der Waals surface area contributed by atoms with E-state index in [4.69, 9.17) is 18.5 Å². The molecule has 2 atom stereocenters. The van der Waals surface area contributed by atoms with Gasteiger partial charge >= 0.3 is 13.8 Å². The second-order valence-electron chi connectivity index (χ2n) is 16.4. The molecule has 8 nitrogen and oxygen atoms in total. The van der Waals surface area contributed by atoms with E-state index in [0.717, 1.165) is 70.6 Å². The number of phosphoric acid groups is 1. The maximum Gasteiger partial charge on any atom is 0.472 e. The lowest BCUT2D eigenvalue weighted by Gasteiger charge is -2.24. The summed E-state index contributed by atoms with van der Waals surface area (Å²) in [6.45, 7) is 5.44. The lowest BCUT2D eigenvalue weighted by atomic mass is 10.0. The average molecular weight is 811 g/mol. The van der Waals surface area contributed by atoms with Crippen molar-refractivity contribution in [3.63, 3.8) is 0 Å². The van der Waals surface area contributed by atoms with Gasteiger partial charge in [-0.05, 0) is 51.4 Å². The first-order valence-electron chi connectivity index (χ1n) is 22.9. The topological polar surface area (TPSA) is 91.3 Å². The third-order valence-electron chi connectivity index (χ3n) is 9.65. The van der Waals surface area contributed by atoms with Gasteiger partial charge in [0.15, 0.2) is 0 Å². The maximum absolute atomic E-state index is 12.7. The molecular weight excluding hydrogens is 721 g/mol. The molecule has 0 aromatic carbocycles. The van der Waals surface area contributed by atoms with Crippen molar-refractivity contribution in [2.75, 3.05) is 54.1 Å². The molecule has 0 saturated carbocycles. The summed E-state index contributed by atoms with van der Waals surface area (Å²) in [5, 5.41) is 0. The number of allylic oxidation sites excluding steroid dienone is 8. The lowest BCUT2D eigenvalue weighted by molar-refractivity contribution is -0.870. The Hall–Kier alpha value is -1.54. The molecule has 328 valence electrons. The van der Waals surface area contributed by atoms with Crippen LogP contribution < -0.4 is 0 Å². The highest BCUT2D eigenvalue weighted by atomic mass is 31.2. The minimum absolute atomic E-state index is 0.0818. The van der Waals surface area contributed by atoms with E-state index in [1.165, 1.54) is 96.3 Å². The van der Waals surface area contributed by atoms with Gasteiger partial charge in [-0.15, -0.1) is 0 Å². The van der Waals surface area contributed by atoms with E-state index in [0.29, 0.717) is 24.1 Å². The van der Waals surface area contributed by atoms with Gasteiger partial charge in [-0.2, -0.15) is 0 Å². The van der Waals surface area contributed by atoms with Crippen molar-refractivity contribution >= 4 is 13.8 Å². The molecule has 0 aromatic heterocycles. The van der Waals surface area contributed by atoms with E-state index in [2.05, 4.69) is 62.5 Å². The van der Waals surface area contributed by atoms with Crippen LogP contribution in [0.2, 0.25) is 0 Å². The summed E-state index contributed by atoms with van der Waals surface area (Å²) in [6.07, 6.45) is 48.6. The zero-order chi connectivity index (χ0) is 41.3. The number of nitrogens with zero attached hydrogens (tertiary/aromatic N) is 1. The standard InChI is InChI=1S/C47H88NO7P/c1-6-8-10-12-14-16-18-20-22-24-25-26-28-30-32-34-36-38-40-47(49)55-46(45-54-56(50,51)53-43-41-48(3,4)5)44-52-42-39-37-35-33-31-29-27-23-21-19-17-15-13-11-9-7-2/h9,11,15,17,21,23,29,31,46H,6-8,10,12-14,16,18-20,22,24-28,30,32-45H2,1-5H3/p+1/b11-9-,17-15-,23-21-,31-29-. The van der Waals surface area contributed by atoms with Crippen molar-refractivity contribution in [2.45, 2.75) is 193 Å². The molecule has 2 unspecified atom stereocenters. The SMILES string of the molecule is CC/C=C\C/C=C\C/C=C\C/C=C\CCCCCOCC(COP(=O)(O)OCC[N+](C)(C)C)OC(=O)CCCCCCCCCCCCCCCCCCCC. The Balaban J connectivity index is 4.25. The molecule has 0 rings (SSSR count). The monoisotopic (exact) mass is 811 g/mol. The minimum Gasteiger partial charge on any atom is -0.457 e. The Morgan fingerprint density at radius 3 is 1.54 bits per heavy atom. The molecule has 0 amide bonds. The fraction of sp³-hybridized carbons (Fsp3) is 0.809. The normalized spacial score (nSPS) is 14.2. The second kappa shape index (κ2) is 40.2. The largest absolute Gasteiger partial charge is 0.472 e. The van der Waals surface area contributed by atoms with Gasteiger partial charge in [0.1, 0.15) is 19.3 Å². The van der Waals surface area contributed by atoms with Crippen molar-refractivity contribution in [3.05, 3.63) is 48.6 Å². The summed E-state index contributed by atoms with van der Waals surface area (Å²) in [6, 6.07) is 0. The number of esters is 1. The number of carbonyl (C=O) groups is 1. The zero-order valence-corrected chi connectivity index (χ0v) is 38.0. The predicted molar refractivity (Wildman–Crippen MR) is 238 cm³/mol. The lowest BCUT2D eigenvalue weighted by Crippen LogP contribution is -2.37. The summed E-state index contributed by atoms with van der Waals surface area (Å²) in [5.74, 6) is -0.324. The van der Waals surface area contributed by atoms with E-state index in [9.17, 15) is 14.3 Å². The van der Waals surface area contributed by atoms with Crippen LogP contribution >= 0.6 is 7.82 Å². The summed E-state index contributed by atoms with van der Waals surface area (Å²) < 4.78 is 35.0. The molecule has 0 fully saturated rings. The van der Waals surface area contributed by atoms with Crippen LogP contribution in [0.25, 0.3) is 0 Å². The first kappa shape index (κ1) is 54.5. The number of hydrogen-bond donors (Lipinski definition) is 1. The third-order valence-corrected chi connectivity index (χ3v) is 10.6. The number of likely N-dealkylation sites (N-methyl/N-ethyl adjacent to an activating group) is 1. The van der Waals surface area contributed by atoms with E-state index in [1.807, 2.05) is 21.1 Å². The van der Waals surface area contributed by atoms with Gasteiger partial charge in [0.25, 0.3) is 0 Å². The molecule has 9 heteroatoms.